The summed E-state index contributed by atoms with van der Waals surface area (Å²) in [6.45, 7) is 4.84. The number of aromatic nitrogens is 1. The average molecular weight is 238 g/mol. The van der Waals surface area contributed by atoms with Gasteiger partial charge in [-0.2, -0.15) is 0 Å². The summed E-state index contributed by atoms with van der Waals surface area (Å²) in [5.41, 5.74) is 0.129. The van der Waals surface area contributed by atoms with E-state index in [1.807, 2.05) is 0 Å². The molecule has 1 rings (SSSR count). The fourth-order valence-electron chi connectivity index (χ4n) is 1.46. The number of carbonyl (C=O) groups excluding carboxylic acids is 1. The van der Waals surface area contributed by atoms with Gasteiger partial charge in [0.05, 0.1) is 0 Å². The summed E-state index contributed by atoms with van der Waals surface area (Å²) in [7, 11) is 0. The maximum absolute atomic E-state index is 11.5. The lowest BCUT2D eigenvalue weighted by molar-refractivity contribution is -0.121. The molecule has 1 amide bonds. The Labute approximate surface area is 100 Å². The van der Waals surface area contributed by atoms with E-state index >= 15 is 0 Å². The number of carboxylic acids is 1. The van der Waals surface area contributed by atoms with Gasteiger partial charge in [-0.15, -0.1) is 0 Å². The fraction of sp³-hybridized carbons (Fsp3) is 0.500. The third kappa shape index (κ3) is 4.30. The van der Waals surface area contributed by atoms with E-state index < -0.39 is 5.97 Å². The van der Waals surface area contributed by atoms with Crippen LogP contribution in [0, 0.1) is 5.92 Å². The molecule has 0 fully saturated rings. The number of rotatable bonds is 6. The standard InChI is InChI=1S/C12H18N2O3/c1-9(2)5-6-13-11(15)8-14-7-3-4-10(14)12(16)17/h3-4,7,9H,5-6,8H2,1-2H3,(H,13,15)(H,16,17). The van der Waals surface area contributed by atoms with E-state index in [0.29, 0.717) is 12.5 Å². The molecule has 0 saturated heterocycles. The van der Waals surface area contributed by atoms with Gasteiger partial charge in [-0.1, -0.05) is 13.8 Å². The van der Waals surface area contributed by atoms with E-state index in [0.717, 1.165) is 6.42 Å². The van der Waals surface area contributed by atoms with Crippen molar-refractivity contribution in [1.29, 1.82) is 0 Å². The van der Waals surface area contributed by atoms with Crippen molar-refractivity contribution < 1.29 is 14.7 Å². The summed E-state index contributed by atoms with van der Waals surface area (Å²) >= 11 is 0. The largest absolute Gasteiger partial charge is 0.477 e. The highest BCUT2D eigenvalue weighted by Gasteiger charge is 2.11. The molecule has 17 heavy (non-hydrogen) atoms. The summed E-state index contributed by atoms with van der Waals surface area (Å²) in [6.07, 6.45) is 2.51. The number of hydrogen-bond donors (Lipinski definition) is 2. The Balaban J connectivity index is 2.45. The van der Waals surface area contributed by atoms with E-state index in [2.05, 4.69) is 19.2 Å². The first-order valence-corrected chi connectivity index (χ1v) is 5.66. The van der Waals surface area contributed by atoms with Crippen LogP contribution in [0.1, 0.15) is 30.8 Å². The van der Waals surface area contributed by atoms with Gasteiger partial charge in [-0.25, -0.2) is 4.79 Å². The van der Waals surface area contributed by atoms with E-state index in [1.165, 1.54) is 10.6 Å². The van der Waals surface area contributed by atoms with E-state index in [9.17, 15) is 9.59 Å². The van der Waals surface area contributed by atoms with Gasteiger partial charge in [0.1, 0.15) is 12.2 Å². The Morgan fingerprint density at radius 3 is 2.76 bits per heavy atom. The zero-order valence-electron chi connectivity index (χ0n) is 10.1. The van der Waals surface area contributed by atoms with Crippen LogP contribution in [0.15, 0.2) is 18.3 Å². The monoisotopic (exact) mass is 238 g/mol. The van der Waals surface area contributed by atoms with Crippen LogP contribution >= 0.6 is 0 Å². The third-order valence-electron chi connectivity index (χ3n) is 2.41. The van der Waals surface area contributed by atoms with E-state index in [-0.39, 0.29) is 18.1 Å². The predicted molar refractivity (Wildman–Crippen MR) is 63.9 cm³/mol. The van der Waals surface area contributed by atoms with Crippen molar-refractivity contribution in [1.82, 2.24) is 9.88 Å². The van der Waals surface area contributed by atoms with Crippen LogP contribution in [-0.2, 0) is 11.3 Å². The van der Waals surface area contributed by atoms with Gasteiger partial charge in [-0.05, 0) is 24.5 Å². The zero-order chi connectivity index (χ0) is 12.8. The van der Waals surface area contributed by atoms with Crippen LogP contribution < -0.4 is 5.32 Å². The summed E-state index contributed by atoms with van der Waals surface area (Å²) < 4.78 is 1.42. The number of amides is 1. The zero-order valence-corrected chi connectivity index (χ0v) is 10.1. The normalized spacial score (nSPS) is 10.5. The van der Waals surface area contributed by atoms with Crippen molar-refractivity contribution in [2.45, 2.75) is 26.8 Å². The number of nitrogens with one attached hydrogen (secondary N) is 1. The molecule has 94 valence electrons. The Kier molecular flexibility index (Phi) is 4.75. The Bertz CT molecular complexity index is 396. The molecule has 0 radical (unpaired) electrons. The second-order valence-electron chi connectivity index (χ2n) is 4.36. The van der Waals surface area contributed by atoms with Crippen LogP contribution in [0.25, 0.3) is 0 Å². The van der Waals surface area contributed by atoms with Crippen molar-refractivity contribution in [2.75, 3.05) is 6.54 Å². The van der Waals surface area contributed by atoms with Crippen molar-refractivity contribution in [3.8, 4) is 0 Å². The number of carbonyl (C=O) groups is 2. The quantitative estimate of drug-likeness (QED) is 0.785. The number of aromatic carboxylic acids is 1. The molecule has 2 N–H and O–H groups in total. The van der Waals surface area contributed by atoms with Gasteiger partial charge in [-0.3, -0.25) is 4.79 Å². The summed E-state index contributed by atoms with van der Waals surface area (Å²) in [4.78, 5) is 22.4. The molecule has 1 heterocycles. The minimum absolute atomic E-state index is 0.0483. The Hall–Kier alpha value is -1.78. The van der Waals surface area contributed by atoms with Crippen LogP contribution in [0.4, 0.5) is 0 Å². The third-order valence-corrected chi connectivity index (χ3v) is 2.41. The lowest BCUT2D eigenvalue weighted by Gasteiger charge is -2.09. The maximum Gasteiger partial charge on any atom is 0.352 e. The van der Waals surface area contributed by atoms with Crippen LogP contribution in [0.3, 0.4) is 0 Å². The topological polar surface area (TPSA) is 71.3 Å². The van der Waals surface area contributed by atoms with E-state index in [1.54, 1.807) is 12.3 Å². The summed E-state index contributed by atoms with van der Waals surface area (Å²) in [5, 5.41) is 11.6. The van der Waals surface area contributed by atoms with Crippen molar-refractivity contribution in [3.05, 3.63) is 24.0 Å². The lowest BCUT2D eigenvalue weighted by Crippen LogP contribution is -2.29. The molecule has 0 aliphatic carbocycles. The molecule has 0 spiro atoms. The Morgan fingerprint density at radius 2 is 2.18 bits per heavy atom. The SMILES string of the molecule is CC(C)CCNC(=O)Cn1cccc1C(=O)O. The van der Waals surface area contributed by atoms with E-state index in [4.69, 9.17) is 5.11 Å². The van der Waals surface area contributed by atoms with Gasteiger partial charge in [0.2, 0.25) is 5.91 Å². The van der Waals surface area contributed by atoms with Gasteiger partial charge in [0, 0.05) is 12.7 Å². The first kappa shape index (κ1) is 13.3. The lowest BCUT2D eigenvalue weighted by atomic mass is 10.1. The maximum atomic E-state index is 11.5. The molecule has 0 aromatic carbocycles. The van der Waals surface area contributed by atoms with Crippen LogP contribution in [0.2, 0.25) is 0 Å². The molecular formula is C12H18N2O3. The van der Waals surface area contributed by atoms with Crippen LogP contribution in [0.5, 0.6) is 0 Å². The smallest absolute Gasteiger partial charge is 0.352 e. The molecule has 0 bridgehead atoms. The average Bonchev–Trinajstić information content (AvgIpc) is 2.65. The molecule has 0 unspecified atom stereocenters. The molecular weight excluding hydrogens is 220 g/mol. The second kappa shape index (κ2) is 6.08. The highest BCUT2D eigenvalue weighted by Crippen LogP contribution is 2.02. The molecule has 0 aliphatic rings. The first-order valence-electron chi connectivity index (χ1n) is 5.66. The second-order valence-corrected chi connectivity index (χ2v) is 4.36. The van der Waals surface area contributed by atoms with Crippen molar-refractivity contribution in [2.24, 2.45) is 5.92 Å². The predicted octanol–water partition coefficient (Wildman–Crippen LogP) is 1.35. The number of nitrogens with zero attached hydrogens (tertiary/aromatic N) is 1. The fourth-order valence-corrected chi connectivity index (χ4v) is 1.46. The first-order chi connectivity index (χ1) is 8.00. The van der Waals surface area contributed by atoms with Gasteiger partial charge < -0.3 is 15.0 Å². The van der Waals surface area contributed by atoms with Gasteiger partial charge in [0.15, 0.2) is 0 Å². The van der Waals surface area contributed by atoms with Crippen molar-refractivity contribution >= 4 is 11.9 Å². The Morgan fingerprint density at radius 1 is 1.47 bits per heavy atom. The minimum Gasteiger partial charge on any atom is -0.477 e. The minimum atomic E-state index is -1.02. The summed E-state index contributed by atoms with van der Waals surface area (Å²) in [5.74, 6) is -0.647. The van der Waals surface area contributed by atoms with Gasteiger partial charge in [0.25, 0.3) is 0 Å². The van der Waals surface area contributed by atoms with Gasteiger partial charge >= 0.3 is 5.97 Å². The molecule has 5 nitrogen and oxygen atoms in total. The summed E-state index contributed by atoms with van der Waals surface area (Å²) in [6, 6.07) is 3.09. The number of hydrogen-bond acceptors (Lipinski definition) is 2. The van der Waals surface area contributed by atoms with Crippen molar-refractivity contribution in [3.63, 3.8) is 0 Å². The molecule has 0 saturated carbocycles. The molecule has 1 aromatic rings. The molecule has 0 atom stereocenters. The molecule has 1 aromatic heterocycles. The molecule has 0 aliphatic heterocycles. The highest BCUT2D eigenvalue weighted by atomic mass is 16.4. The molecule has 5 heteroatoms. The highest BCUT2D eigenvalue weighted by molar-refractivity contribution is 5.86. The van der Waals surface area contributed by atoms with Crippen LogP contribution in [-0.4, -0.2) is 28.1 Å². The number of carboxylic acid groups (broad SMARTS) is 1.